The lowest BCUT2D eigenvalue weighted by molar-refractivity contribution is -0.140. The summed E-state index contributed by atoms with van der Waals surface area (Å²) in [4.78, 5) is 11.7. The number of anilines is 1. The van der Waals surface area contributed by atoms with Gasteiger partial charge in [-0.15, -0.1) is 0 Å². The number of carbonyl (C=O) groups excluding carboxylic acids is 1. The van der Waals surface area contributed by atoms with Crippen LogP contribution in [0.3, 0.4) is 0 Å². The zero-order chi connectivity index (χ0) is 20.0. The van der Waals surface area contributed by atoms with Gasteiger partial charge in [0, 0.05) is 26.1 Å². The molecule has 0 bridgehead atoms. The van der Waals surface area contributed by atoms with Gasteiger partial charge in [0.2, 0.25) is 5.95 Å². The summed E-state index contributed by atoms with van der Waals surface area (Å²) in [6.07, 6.45) is -5.91. The van der Waals surface area contributed by atoms with E-state index in [-0.39, 0.29) is 23.5 Å². The van der Waals surface area contributed by atoms with Gasteiger partial charge in [0.05, 0.1) is 22.3 Å². The molecule has 0 spiro atoms. The Hall–Kier alpha value is -2.54. The monoisotopic (exact) mass is 405 g/mol. The van der Waals surface area contributed by atoms with Crippen LogP contribution in [0.4, 0.5) is 19.1 Å². The van der Waals surface area contributed by atoms with Crippen molar-refractivity contribution in [2.45, 2.75) is 23.6 Å². The van der Waals surface area contributed by atoms with E-state index in [9.17, 15) is 26.4 Å². The van der Waals surface area contributed by atoms with Crippen molar-refractivity contribution in [2.24, 2.45) is 7.05 Å². The fourth-order valence-electron chi connectivity index (χ4n) is 2.89. The van der Waals surface area contributed by atoms with Gasteiger partial charge in [-0.05, 0) is 28.1 Å². The van der Waals surface area contributed by atoms with Crippen molar-refractivity contribution in [3.05, 3.63) is 28.8 Å². The molecule has 13 heteroatoms. The van der Waals surface area contributed by atoms with Gasteiger partial charge < -0.3 is 4.74 Å². The van der Waals surface area contributed by atoms with E-state index in [1.54, 1.807) is 0 Å². The Morgan fingerprint density at radius 2 is 2.07 bits per heavy atom. The zero-order valence-corrected chi connectivity index (χ0v) is 14.9. The molecule has 1 atom stereocenters. The molecular weight excluding hydrogens is 391 g/mol. The molecule has 0 aliphatic carbocycles. The summed E-state index contributed by atoms with van der Waals surface area (Å²) in [6.45, 7) is 0. The van der Waals surface area contributed by atoms with Gasteiger partial charge in [0.15, 0.2) is 9.84 Å². The van der Waals surface area contributed by atoms with Crippen LogP contribution in [-0.2, 0) is 34.2 Å². The number of carbonyl (C=O) groups is 1. The molecule has 0 saturated carbocycles. The molecule has 1 amide bonds. The third-order valence-corrected chi connectivity index (χ3v) is 6.04. The van der Waals surface area contributed by atoms with Crippen LogP contribution in [0, 0.1) is 0 Å². The maximum atomic E-state index is 13.4. The van der Waals surface area contributed by atoms with Gasteiger partial charge in [0.25, 0.3) is 5.91 Å². The third-order valence-electron chi connectivity index (χ3n) is 4.14. The van der Waals surface area contributed by atoms with Gasteiger partial charge in [0.1, 0.15) is 0 Å². The van der Waals surface area contributed by atoms with Crippen LogP contribution >= 0.6 is 0 Å². The number of alkyl halides is 3. The minimum absolute atomic E-state index is 0.0457. The molecular formula is C14H14F3N5O4S. The molecule has 27 heavy (non-hydrogen) atoms. The summed E-state index contributed by atoms with van der Waals surface area (Å²) >= 11 is 0. The van der Waals surface area contributed by atoms with Crippen LogP contribution in [0.1, 0.15) is 21.5 Å². The number of halogens is 3. The van der Waals surface area contributed by atoms with Crippen molar-refractivity contribution < 1.29 is 31.1 Å². The lowest BCUT2D eigenvalue weighted by Crippen LogP contribution is -2.35. The van der Waals surface area contributed by atoms with Crippen LogP contribution < -0.4 is 5.32 Å². The predicted octanol–water partition coefficient (Wildman–Crippen LogP) is 0.826. The third kappa shape index (κ3) is 3.51. The molecule has 2 aromatic rings. The van der Waals surface area contributed by atoms with Crippen molar-refractivity contribution in [3.8, 4) is 0 Å². The standard InChI is InChI=1S/C14H14F3N5O4S/c1-22-13(19-20-21-22)18-12(23)8-3-4-10(14(15,16)17)11-9(8)5-7(26-2)6-27(11,24)25/h3-4,7H,5-6H2,1-2H3,(H,18,19,21,23). The first-order valence-electron chi connectivity index (χ1n) is 7.57. The Labute approximate surface area is 151 Å². The SMILES string of the molecule is COC1Cc2c(C(=O)Nc3nnnn3C)ccc(C(F)(F)F)c2S(=O)(=O)C1. The van der Waals surface area contributed by atoms with Gasteiger partial charge in [-0.25, -0.2) is 13.1 Å². The van der Waals surface area contributed by atoms with Crippen LogP contribution in [0.5, 0.6) is 0 Å². The number of fused-ring (bicyclic) bond motifs is 1. The molecule has 1 aliphatic rings. The first kappa shape index (κ1) is 19.2. The summed E-state index contributed by atoms with van der Waals surface area (Å²) in [7, 11) is -1.61. The maximum Gasteiger partial charge on any atom is 0.417 e. The average Bonchev–Trinajstić information content (AvgIpc) is 2.97. The normalized spacial score (nSPS) is 18.8. The molecule has 1 unspecified atom stereocenters. The van der Waals surface area contributed by atoms with Crippen LogP contribution in [-0.4, -0.2) is 53.5 Å². The number of aromatic nitrogens is 4. The van der Waals surface area contributed by atoms with E-state index in [4.69, 9.17) is 4.74 Å². The van der Waals surface area contributed by atoms with Gasteiger partial charge >= 0.3 is 6.18 Å². The lowest BCUT2D eigenvalue weighted by Gasteiger charge is -2.27. The molecule has 1 aromatic carbocycles. The maximum absolute atomic E-state index is 13.4. The molecule has 3 rings (SSSR count). The number of rotatable bonds is 3. The number of nitrogens with one attached hydrogen (secondary N) is 1. The first-order chi connectivity index (χ1) is 12.5. The van der Waals surface area contributed by atoms with Gasteiger partial charge in [-0.3, -0.25) is 10.1 Å². The second-order valence-electron chi connectivity index (χ2n) is 5.89. The Balaban J connectivity index is 2.17. The lowest BCUT2D eigenvalue weighted by atomic mass is 9.97. The minimum Gasteiger partial charge on any atom is -0.380 e. The number of aryl methyl sites for hydroxylation is 1. The highest BCUT2D eigenvalue weighted by Crippen LogP contribution is 2.40. The number of hydrogen-bond donors (Lipinski definition) is 1. The number of nitrogens with zero attached hydrogens (tertiary/aromatic N) is 4. The van der Waals surface area contributed by atoms with E-state index in [1.807, 2.05) is 0 Å². The molecule has 9 nitrogen and oxygen atoms in total. The average molecular weight is 405 g/mol. The van der Waals surface area contributed by atoms with E-state index < -0.39 is 44.2 Å². The molecule has 0 fully saturated rings. The molecule has 1 aromatic heterocycles. The number of amides is 1. The van der Waals surface area contributed by atoms with Crippen molar-refractivity contribution in [1.29, 1.82) is 0 Å². The van der Waals surface area contributed by atoms with E-state index in [0.717, 1.165) is 10.7 Å². The van der Waals surface area contributed by atoms with Gasteiger partial charge in [-0.1, -0.05) is 5.10 Å². The van der Waals surface area contributed by atoms with E-state index >= 15 is 0 Å². The van der Waals surface area contributed by atoms with Gasteiger partial charge in [-0.2, -0.15) is 13.2 Å². The van der Waals surface area contributed by atoms with Crippen molar-refractivity contribution in [2.75, 3.05) is 18.2 Å². The highest BCUT2D eigenvalue weighted by atomic mass is 32.2. The molecule has 2 heterocycles. The molecule has 1 aliphatic heterocycles. The van der Waals surface area contributed by atoms with Crippen molar-refractivity contribution in [3.63, 3.8) is 0 Å². The number of benzene rings is 1. The summed E-state index contributed by atoms with van der Waals surface area (Å²) < 4.78 is 71.3. The quantitative estimate of drug-likeness (QED) is 0.804. The fourth-order valence-corrected chi connectivity index (χ4v) is 4.89. The number of hydrogen-bond acceptors (Lipinski definition) is 7. The summed E-state index contributed by atoms with van der Waals surface area (Å²) in [5.74, 6) is -1.47. The Morgan fingerprint density at radius 1 is 1.37 bits per heavy atom. The molecule has 1 N–H and O–H groups in total. The molecule has 0 radical (unpaired) electrons. The van der Waals surface area contributed by atoms with E-state index in [2.05, 4.69) is 20.8 Å². The largest absolute Gasteiger partial charge is 0.417 e. The van der Waals surface area contributed by atoms with Crippen molar-refractivity contribution >= 4 is 21.7 Å². The van der Waals surface area contributed by atoms with E-state index in [0.29, 0.717) is 6.07 Å². The van der Waals surface area contributed by atoms with Crippen LogP contribution in [0.25, 0.3) is 0 Å². The number of methoxy groups -OCH3 is 1. The van der Waals surface area contributed by atoms with E-state index in [1.165, 1.54) is 14.2 Å². The summed E-state index contributed by atoms with van der Waals surface area (Å²) in [5, 5.41) is 12.8. The zero-order valence-electron chi connectivity index (χ0n) is 14.1. The summed E-state index contributed by atoms with van der Waals surface area (Å²) in [5.41, 5.74) is -1.76. The van der Waals surface area contributed by atoms with Crippen LogP contribution in [0.2, 0.25) is 0 Å². The molecule has 0 saturated heterocycles. The second kappa shape index (κ2) is 6.56. The Morgan fingerprint density at radius 3 is 2.63 bits per heavy atom. The van der Waals surface area contributed by atoms with Crippen molar-refractivity contribution in [1.82, 2.24) is 20.2 Å². The highest BCUT2D eigenvalue weighted by molar-refractivity contribution is 7.91. The minimum atomic E-state index is -4.89. The highest BCUT2D eigenvalue weighted by Gasteiger charge is 2.43. The Bertz CT molecular complexity index is 1000. The number of sulfone groups is 1. The molecule has 146 valence electrons. The Kier molecular flexibility index (Phi) is 4.67. The summed E-state index contributed by atoms with van der Waals surface area (Å²) in [6, 6.07) is 1.53. The topological polar surface area (TPSA) is 116 Å². The first-order valence-corrected chi connectivity index (χ1v) is 9.22. The second-order valence-corrected chi connectivity index (χ2v) is 7.86. The number of tetrazole rings is 1. The fraction of sp³-hybridized carbons (Fsp3) is 0.429. The predicted molar refractivity (Wildman–Crippen MR) is 84.7 cm³/mol. The van der Waals surface area contributed by atoms with Crippen LogP contribution in [0.15, 0.2) is 17.0 Å². The number of ether oxygens (including phenoxy) is 1. The smallest absolute Gasteiger partial charge is 0.380 e.